The van der Waals surface area contributed by atoms with Crippen molar-refractivity contribution >= 4 is 15.9 Å². The number of hydrogen-bond donors (Lipinski definition) is 0. The molecule has 0 N–H and O–H groups in total. The van der Waals surface area contributed by atoms with Crippen molar-refractivity contribution in [3.05, 3.63) is 36.2 Å². The van der Waals surface area contributed by atoms with Gasteiger partial charge in [-0.1, -0.05) is 17.3 Å². The molecule has 2 aromatic rings. The fraction of sp³-hybridized carbons (Fsp3) is 0.526. The number of piperidine rings is 1. The molecule has 1 amide bonds. The molecule has 0 spiro atoms. The number of hydrogen-bond acceptors (Lipinski definition) is 6. The number of carbonyl (C=O) groups is 1. The summed E-state index contributed by atoms with van der Waals surface area (Å²) in [6.07, 6.45) is -0.754. The molecule has 0 aliphatic carbocycles. The third kappa shape index (κ3) is 4.72. The molecule has 2 aliphatic rings. The highest BCUT2D eigenvalue weighted by molar-refractivity contribution is 7.89. The summed E-state index contributed by atoms with van der Waals surface area (Å²) >= 11 is 0. The zero-order valence-electron chi connectivity index (χ0n) is 17.0. The Kier molecular flexibility index (Phi) is 6.12. The van der Waals surface area contributed by atoms with Gasteiger partial charge >= 0.3 is 6.36 Å². The first-order valence-electron chi connectivity index (χ1n) is 10.2. The van der Waals surface area contributed by atoms with Crippen molar-refractivity contribution in [2.24, 2.45) is 0 Å². The third-order valence-electron chi connectivity index (χ3n) is 5.61. The number of carbonyl (C=O) groups excluding carboxylic acids is 1. The third-order valence-corrected chi connectivity index (χ3v) is 7.55. The largest absolute Gasteiger partial charge is 0.573 e. The van der Waals surface area contributed by atoms with E-state index in [-0.39, 0.29) is 30.7 Å². The van der Waals surface area contributed by atoms with Gasteiger partial charge < -0.3 is 9.64 Å². The Labute approximate surface area is 182 Å². The van der Waals surface area contributed by atoms with Crippen LogP contribution in [0.4, 0.5) is 13.2 Å². The molecule has 0 unspecified atom stereocenters. The average Bonchev–Trinajstić information content (AvgIpc) is 3.45. The van der Waals surface area contributed by atoms with Crippen molar-refractivity contribution in [2.75, 3.05) is 26.2 Å². The molecule has 9 nitrogen and oxygen atoms in total. The molecule has 174 valence electrons. The van der Waals surface area contributed by atoms with Crippen LogP contribution < -0.4 is 4.74 Å². The first kappa shape index (κ1) is 22.5. The Balaban J connectivity index is 1.43. The number of ether oxygens (including phenoxy) is 1. The maximum Gasteiger partial charge on any atom is 0.573 e. The average molecular weight is 473 g/mol. The Morgan fingerprint density at radius 1 is 1.06 bits per heavy atom. The Morgan fingerprint density at radius 3 is 2.38 bits per heavy atom. The zero-order chi connectivity index (χ0) is 22.9. The number of rotatable bonds is 5. The lowest BCUT2D eigenvalue weighted by atomic mass is 10.1. The van der Waals surface area contributed by atoms with Gasteiger partial charge in [0.15, 0.2) is 5.69 Å². The van der Waals surface area contributed by atoms with Crippen LogP contribution in [-0.2, 0) is 10.0 Å². The van der Waals surface area contributed by atoms with Gasteiger partial charge in [-0.2, -0.15) is 4.31 Å². The summed E-state index contributed by atoms with van der Waals surface area (Å²) in [4.78, 5) is 13.6. The number of para-hydroxylation sites is 1. The van der Waals surface area contributed by atoms with Crippen LogP contribution >= 0.6 is 0 Å². The predicted octanol–water partition coefficient (Wildman–Crippen LogP) is 2.44. The van der Waals surface area contributed by atoms with Gasteiger partial charge in [0.25, 0.3) is 5.91 Å². The molecule has 2 fully saturated rings. The van der Waals surface area contributed by atoms with Crippen molar-refractivity contribution in [1.29, 1.82) is 0 Å². The maximum atomic E-state index is 13.0. The highest BCUT2D eigenvalue weighted by atomic mass is 32.2. The summed E-state index contributed by atoms with van der Waals surface area (Å²) in [6, 6.07) is 4.52. The van der Waals surface area contributed by atoms with E-state index < -0.39 is 27.0 Å². The van der Waals surface area contributed by atoms with Crippen LogP contribution in [0.2, 0.25) is 0 Å². The number of nitrogens with zero attached hydrogens (tertiary/aromatic N) is 5. The van der Waals surface area contributed by atoms with E-state index in [1.54, 1.807) is 15.8 Å². The van der Waals surface area contributed by atoms with Crippen LogP contribution in [-0.4, -0.2) is 71.1 Å². The molecule has 3 heterocycles. The van der Waals surface area contributed by atoms with Crippen LogP contribution in [0.15, 0.2) is 35.4 Å². The number of halogens is 3. The first-order valence-corrected chi connectivity index (χ1v) is 11.7. The molecule has 0 radical (unpaired) electrons. The zero-order valence-corrected chi connectivity index (χ0v) is 17.8. The number of alkyl halides is 3. The molecule has 13 heteroatoms. The standard InChI is InChI=1S/C19H22F3N5O4S/c20-19(21,22)31-16-5-1-2-6-17(16)32(29,30)26-11-7-14(8-12-26)27-13-15(23-24-27)18(28)25-9-3-4-10-25/h1-2,5-6,13-14H,3-4,7-12H2. The van der Waals surface area contributed by atoms with E-state index in [2.05, 4.69) is 15.0 Å². The van der Waals surface area contributed by atoms with E-state index >= 15 is 0 Å². The second-order valence-corrected chi connectivity index (χ2v) is 9.62. The summed E-state index contributed by atoms with van der Waals surface area (Å²) in [5.74, 6) is -0.932. The molecular weight excluding hydrogens is 451 g/mol. The van der Waals surface area contributed by atoms with Crippen molar-refractivity contribution in [3.8, 4) is 5.75 Å². The van der Waals surface area contributed by atoms with Gasteiger partial charge in [0, 0.05) is 26.2 Å². The van der Waals surface area contributed by atoms with Gasteiger partial charge in [0.1, 0.15) is 10.6 Å². The van der Waals surface area contributed by atoms with Crippen molar-refractivity contribution in [2.45, 2.75) is 43.0 Å². The Bertz CT molecular complexity index is 1070. The maximum absolute atomic E-state index is 13.0. The summed E-state index contributed by atoms with van der Waals surface area (Å²) in [5, 5.41) is 8.00. The molecule has 0 saturated carbocycles. The van der Waals surface area contributed by atoms with Gasteiger partial charge in [-0.3, -0.25) is 4.79 Å². The molecule has 1 aromatic carbocycles. The number of amides is 1. The van der Waals surface area contributed by atoms with Gasteiger partial charge in [-0.15, -0.1) is 18.3 Å². The summed E-state index contributed by atoms with van der Waals surface area (Å²) in [6.45, 7) is 1.56. The summed E-state index contributed by atoms with van der Waals surface area (Å²) < 4.78 is 70.6. The summed E-state index contributed by atoms with van der Waals surface area (Å²) in [7, 11) is -4.19. The molecule has 0 bridgehead atoms. The van der Waals surface area contributed by atoms with E-state index in [1.807, 2.05) is 0 Å². The summed E-state index contributed by atoms with van der Waals surface area (Å²) in [5.41, 5.74) is 0.250. The fourth-order valence-corrected chi connectivity index (χ4v) is 5.58. The molecule has 2 aliphatic heterocycles. The van der Waals surface area contributed by atoms with Gasteiger partial charge in [-0.25, -0.2) is 13.1 Å². The topological polar surface area (TPSA) is 97.6 Å². The normalized spacial score (nSPS) is 18.8. The second kappa shape index (κ2) is 8.70. The Morgan fingerprint density at radius 2 is 1.72 bits per heavy atom. The van der Waals surface area contributed by atoms with E-state index in [4.69, 9.17) is 0 Å². The molecule has 4 rings (SSSR count). The lowest BCUT2D eigenvalue weighted by Gasteiger charge is -2.31. The van der Waals surface area contributed by atoms with E-state index in [9.17, 15) is 26.4 Å². The monoisotopic (exact) mass is 473 g/mol. The first-order chi connectivity index (χ1) is 15.1. The van der Waals surface area contributed by atoms with E-state index in [1.165, 1.54) is 12.1 Å². The van der Waals surface area contributed by atoms with Gasteiger partial charge in [-0.05, 0) is 37.8 Å². The minimum absolute atomic E-state index is 0.0859. The van der Waals surface area contributed by atoms with E-state index in [0.717, 1.165) is 29.3 Å². The van der Waals surface area contributed by atoms with Gasteiger partial charge in [0.05, 0.1) is 12.2 Å². The lowest BCUT2D eigenvalue weighted by molar-refractivity contribution is -0.275. The molecule has 2 saturated heterocycles. The number of benzene rings is 1. The van der Waals surface area contributed by atoms with Crippen molar-refractivity contribution in [3.63, 3.8) is 0 Å². The molecule has 32 heavy (non-hydrogen) atoms. The second-order valence-electron chi connectivity index (χ2n) is 7.71. The predicted molar refractivity (Wildman–Crippen MR) is 105 cm³/mol. The van der Waals surface area contributed by atoms with Crippen LogP contribution in [0.25, 0.3) is 0 Å². The molecule has 1 aromatic heterocycles. The highest BCUT2D eigenvalue weighted by Crippen LogP contribution is 2.33. The quantitative estimate of drug-likeness (QED) is 0.662. The SMILES string of the molecule is O=C(c1cn(C2CCN(S(=O)(=O)c3ccccc3OC(F)(F)F)CC2)nn1)N1CCCC1. The van der Waals surface area contributed by atoms with Crippen molar-refractivity contribution in [1.82, 2.24) is 24.2 Å². The number of sulfonamides is 1. The number of likely N-dealkylation sites (tertiary alicyclic amines) is 1. The number of aromatic nitrogens is 3. The van der Waals surface area contributed by atoms with Crippen molar-refractivity contribution < 1.29 is 31.1 Å². The van der Waals surface area contributed by atoms with Crippen LogP contribution in [0.3, 0.4) is 0 Å². The molecular formula is C19H22F3N5O4S. The van der Waals surface area contributed by atoms with Gasteiger partial charge in [0.2, 0.25) is 10.0 Å². The smallest absolute Gasteiger partial charge is 0.404 e. The van der Waals surface area contributed by atoms with Crippen LogP contribution in [0.5, 0.6) is 5.75 Å². The minimum Gasteiger partial charge on any atom is -0.404 e. The Hall–Kier alpha value is -2.67. The highest BCUT2D eigenvalue weighted by Gasteiger charge is 2.37. The fourth-order valence-electron chi connectivity index (χ4n) is 3.99. The van der Waals surface area contributed by atoms with Crippen LogP contribution in [0, 0.1) is 0 Å². The van der Waals surface area contributed by atoms with E-state index in [0.29, 0.717) is 25.9 Å². The minimum atomic E-state index is -5.00. The lowest BCUT2D eigenvalue weighted by Crippen LogP contribution is -2.39. The molecule has 0 atom stereocenters. The van der Waals surface area contributed by atoms with Crippen LogP contribution in [0.1, 0.15) is 42.2 Å².